The fourth-order valence-electron chi connectivity index (χ4n) is 4.70. The molecule has 1 unspecified atom stereocenters. The minimum absolute atomic E-state index is 0.114. The number of aryl methyl sites for hydroxylation is 1. The maximum Gasteiger partial charge on any atom is 0.251 e. The van der Waals surface area contributed by atoms with E-state index >= 15 is 0 Å². The summed E-state index contributed by atoms with van der Waals surface area (Å²) in [5.74, 6) is 0.248. The molecule has 1 atom stereocenters. The lowest BCUT2D eigenvalue weighted by Crippen LogP contribution is -2.53. The number of anilines is 1. The molecule has 164 valence electrons. The highest BCUT2D eigenvalue weighted by molar-refractivity contribution is 7.09. The molecule has 0 spiro atoms. The van der Waals surface area contributed by atoms with Gasteiger partial charge in [0.15, 0.2) is 0 Å². The van der Waals surface area contributed by atoms with E-state index in [0.717, 1.165) is 60.8 Å². The van der Waals surface area contributed by atoms with Gasteiger partial charge in [-0.25, -0.2) is 4.98 Å². The highest BCUT2D eigenvalue weighted by atomic mass is 32.1. The fraction of sp³-hybridized carbons (Fsp3) is 0.522. The lowest BCUT2D eigenvalue weighted by Gasteiger charge is -2.36. The molecule has 2 amide bonds. The Morgan fingerprint density at radius 2 is 2.03 bits per heavy atom. The van der Waals surface area contributed by atoms with Gasteiger partial charge in [-0.15, -0.1) is 11.3 Å². The van der Waals surface area contributed by atoms with Gasteiger partial charge >= 0.3 is 0 Å². The van der Waals surface area contributed by atoms with Gasteiger partial charge in [0, 0.05) is 56.0 Å². The van der Waals surface area contributed by atoms with E-state index in [-0.39, 0.29) is 17.9 Å². The Hall–Kier alpha value is -2.29. The molecular weight excluding hydrogens is 412 g/mol. The lowest BCUT2D eigenvalue weighted by molar-refractivity contribution is -0.142. The Balaban J connectivity index is 1.17. The van der Waals surface area contributed by atoms with Crippen LogP contribution >= 0.6 is 11.3 Å². The van der Waals surface area contributed by atoms with Crippen molar-refractivity contribution in [2.45, 2.75) is 32.3 Å². The third kappa shape index (κ3) is 4.24. The quantitative estimate of drug-likeness (QED) is 0.730. The molecule has 8 heteroatoms. The second-order valence-electron chi connectivity index (χ2n) is 8.49. The van der Waals surface area contributed by atoms with E-state index in [9.17, 15) is 9.59 Å². The first-order valence-electron chi connectivity index (χ1n) is 11.1. The number of thiazole rings is 1. The predicted octanol–water partition coefficient (Wildman–Crippen LogP) is 2.33. The molecule has 31 heavy (non-hydrogen) atoms. The zero-order valence-corrected chi connectivity index (χ0v) is 18.7. The van der Waals surface area contributed by atoms with Crippen LogP contribution in [0.5, 0.6) is 0 Å². The minimum atomic E-state index is -0.257. The van der Waals surface area contributed by atoms with Crippen LogP contribution in [0.25, 0.3) is 11.3 Å². The average molecular weight is 441 g/mol. The van der Waals surface area contributed by atoms with Crippen LogP contribution in [-0.4, -0.2) is 78.6 Å². The number of ether oxygens (including phenoxy) is 1. The summed E-state index contributed by atoms with van der Waals surface area (Å²) in [6, 6.07) is 6.30. The molecule has 3 aliphatic rings. The molecule has 0 saturated carbocycles. The van der Waals surface area contributed by atoms with Crippen LogP contribution < -0.4 is 4.90 Å². The standard InChI is InChI=1S/C23H28N4O3S/c1-16-24-19(15-31-16)17-4-5-20-18(13-17)6-7-27(20)22(28)14-25-8-10-26(11-9-25)23(29)21-3-2-12-30-21/h4-5,13,15,21H,2-3,6-12,14H2,1H3. The summed E-state index contributed by atoms with van der Waals surface area (Å²) in [5, 5.41) is 3.14. The molecule has 2 aromatic rings. The summed E-state index contributed by atoms with van der Waals surface area (Å²) in [6.07, 6.45) is 2.41. The predicted molar refractivity (Wildman–Crippen MR) is 120 cm³/mol. The van der Waals surface area contributed by atoms with Crippen LogP contribution in [0.3, 0.4) is 0 Å². The number of piperazine rings is 1. The number of hydrogen-bond acceptors (Lipinski definition) is 6. The minimum Gasteiger partial charge on any atom is -0.368 e. The topological polar surface area (TPSA) is 66.0 Å². The zero-order valence-electron chi connectivity index (χ0n) is 17.9. The third-order valence-electron chi connectivity index (χ3n) is 6.44. The first kappa shape index (κ1) is 20.6. The fourth-order valence-corrected chi connectivity index (χ4v) is 5.32. The van der Waals surface area contributed by atoms with Gasteiger partial charge in [-0.1, -0.05) is 6.07 Å². The molecule has 0 N–H and O–H groups in total. The number of benzene rings is 1. The van der Waals surface area contributed by atoms with E-state index in [1.807, 2.05) is 16.7 Å². The number of rotatable bonds is 4. The molecule has 5 rings (SSSR count). The van der Waals surface area contributed by atoms with E-state index in [0.29, 0.717) is 26.2 Å². The maximum atomic E-state index is 13.0. The molecule has 1 aromatic heterocycles. The number of carbonyl (C=O) groups excluding carboxylic acids is 2. The smallest absolute Gasteiger partial charge is 0.251 e. The highest BCUT2D eigenvalue weighted by Crippen LogP contribution is 2.33. The van der Waals surface area contributed by atoms with Crippen LogP contribution in [0.15, 0.2) is 23.6 Å². The van der Waals surface area contributed by atoms with Crippen LogP contribution in [0, 0.1) is 6.92 Å². The Morgan fingerprint density at radius 3 is 2.74 bits per heavy atom. The van der Waals surface area contributed by atoms with Crippen molar-refractivity contribution in [1.82, 2.24) is 14.8 Å². The summed E-state index contributed by atoms with van der Waals surface area (Å²) in [4.78, 5) is 36.1. The summed E-state index contributed by atoms with van der Waals surface area (Å²) in [7, 11) is 0. The number of amides is 2. The van der Waals surface area contributed by atoms with Gasteiger partial charge in [0.1, 0.15) is 6.10 Å². The van der Waals surface area contributed by atoms with Gasteiger partial charge in [-0.05, 0) is 43.9 Å². The van der Waals surface area contributed by atoms with Crippen LogP contribution in [0.4, 0.5) is 5.69 Å². The number of carbonyl (C=O) groups is 2. The van der Waals surface area contributed by atoms with Crippen LogP contribution in [-0.2, 0) is 20.7 Å². The van der Waals surface area contributed by atoms with E-state index in [4.69, 9.17) is 4.74 Å². The third-order valence-corrected chi connectivity index (χ3v) is 7.21. The van der Waals surface area contributed by atoms with Gasteiger partial charge in [0.25, 0.3) is 5.91 Å². The summed E-state index contributed by atoms with van der Waals surface area (Å²) in [6.45, 7) is 6.62. The van der Waals surface area contributed by atoms with E-state index in [1.165, 1.54) is 5.56 Å². The van der Waals surface area contributed by atoms with Crippen molar-refractivity contribution >= 4 is 28.8 Å². The van der Waals surface area contributed by atoms with Gasteiger partial charge in [0.2, 0.25) is 5.91 Å². The molecule has 7 nitrogen and oxygen atoms in total. The van der Waals surface area contributed by atoms with Crippen molar-refractivity contribution in [2.24, 2.45) is 0 Å². The lowest BCUT2D eigenvalue weighted by atomic mass is 10.1. The van der Waals surface area contributed by atoms with Gasteiger partial charge in [-0.3, -0.25) is 14.5 Å². The SMILES string of the molecule is Cc1nc(-c2ccc3c(c2)CCN3C(=O)CN2CCN(C(=O)C3CCCO3)CC2)cs1. The van der Waals surface area contributed by atoms with Crippen LogP contribution in [0.1, 0.15) is 23.4 Å². The van der Waals surface area contributed by atoms with Crippen molar-refractivity contribution in [3.8, 4) is 11.3 Å². The van der Waals surface area contributed by atoms with Crippen LogP contribution in [0.2, 0.25) is 0 Å². The molecule has 3 aliphatic heterocycles. The zero-order chi connectivity index (χ0) is 21.4. The molecule has 1 aromatic carbocycles. The summed E-state index contributed by atoms with van der Waals surface area (Å²) >= 11 is 1.65. The molecule has 4 heterocycles. The Kier molecular flexibility index (Phi) is 5.77. The molecule has 2 fully saturated rings. The Morgan fingerprint density at radius 1 is 1.19 bits per heavy atom. The van der Waals surface area contributed by atoms with Gasteiger partial charge in [0.05, 0.1) is 17.2 Å². The van der Waals surface area contributed by atoms with Crippen molar-refractivity contribution in [3.05, 3.63) is 34.2 Å². The average Bonchev–Trinajstić information content (AvgIpc) is 3.54. The molecule has 0 bridgehead atoms. The number of hydrogen-bond donors (Lipinski definition) is 0. The number of fused-ring (bicyclic) bond motifs is 1. The van der Waals surface area contributed by atoms with E-state index < -0.39 is 0 Å². The molecule has 2 saturated heterocycles. The van der Waals surface area contributed by atoms with E-state index in [2.05, 4.69) is 33.5 Å². The maximum absolute atomic E-state index is 13.0. The summed E-state index contributed by atoms with van der Waals surface area (Å²) in [5.41, 5.74) is 4.35. The first-order chi connectivity index (χ1) is 15.1. The highest BCUT2D eigenvalue weighted by Gasteiger charge is 2.32. The van der Waals surface area contributed by atoms with Gasteiger partial charge in [-0.2, -0.15) is 0 Å². The molecule has 0 radical (unpaired) electrons. The monoisotopic (exact) mass is 440 g/mol. The summed E-state index contributed by atoms with van der Waals surface area (Å²) < 4.78 is 5.53. The Bertz CT molecular complexity index is 977. The second-order valence-corrected chi connectivity index (χ2v) is 9.56. The largest absolute Gasteiger partial charge is 0.368 e. The Labute approximate surface area is 186 Å². The van der Waals surface area contributed by atoms with Crippen molar-refractivity contribution in [2.75, 3.05) is 50.8 Å². The van der Waals surface area contributed by atoms with Crippen molar-refractivity contribution in [1.29, 1.82) is 0 Å². The molecular formula is C23H28N4O3S. The molecule has 0 aliphatic carbocycles. The normalized spacial score (nSPS) is 21.5. The first-order valence-corrected chi connectivity index (χ1v) is 11.9. The van der Waals surface area contributed by atoms with E-state index in [1.54, 1.807) is 11.3 Å². The van der Waals surface area contributed by atoms with Crippen molar-refractivity contribution in [3.63, 3.8) is 0 Å². The number of aromatic nitrogens is 1. The number of nitrogens with zero attached hydrogens (tertiary/aromatic N) is 4. The van der Waals surface area contributed by atoms with Crippen molar-refractivity contribution < 1.29 is 14.3 Å². The van der Waals surface area contributed by atoms with Gasteiger partial charge < -0.3 is 14.5 Å². The second kappa shape index (κ2) is 8.68.